The Morgan fingerprint density at radius 3 is 2.60 bits per heavy atom. The van der Waals surface area contributed by atoms with E-state index in [4.69, 9.17) is 0 Å². The Labute approximate surface area is 115 Å². The van der Waals surface area contributed by atoms with Crippen LogP contribution in [0.2, 0.25) is 0 Å². The molecule has 1 heterocycles. The van der Waals surface area contributed by atoms with Crippen molar-refractivity contribution in [3.8, 4) is 0 Å². The lowest BCUT2D eigenvalue weighted by Gasteiger charge is -2.25. The summed E-state index contributed by atoms with van der Waals surface area (Å²) in [7, 11) is -4.65. The number of anilines is 1. The third-order valence-electron chi connectivity index (χ3n) is 3.05. The highest BCUT2D eigenvalue weighted by atomic mass is 32.2. The molecule has 1 saturated heterocycles. The summed E-state index contributed by atoms with van der Waals surface area (Å²) >= 11 is 0. The molecule has 110 valence electrons. The largest absolute Gasteiger partial charge is 0.379 e. The summed E-state index contributed by atoms with van der Waals surface area (Å²) in [6.45, 7) is 0.335. The van der Waals surface area contributed by atoms with Crippen molar-refractivity contribution in [2.24, 2.45) is 0 Å². The molecule has 1 unspecified atom stereocenters. The molecule has 0 spiro atoms. The van der Waals surface area contributed by atoms with Gasteiger partial charge in [-0.25, -0.2) is 8.42 Å². The Balaban J connectivity index is 2.23. The fraction of sp³-hybridized carbons (Fsp3) is 0.417. The minimum Gasteiger partial charge on any atom is -0.379 e. The average Bonchev–Trinajstić information content (AvgIpc) is 2.41. The first-order valence-electron chi connectivity index (χ1n) is 6.05. The van der Waals surface area contributed by atoms with Crippen LogP contribution in [0.25, 0.3) is 0 Å². The minimum atomic E-state index is -4.65. The molecular formula is C12H14F2N2O3S. The fourth-order valence-corrected chi connectivity index (χ4v) is 2.90. The van der Waals surface area contributed by atoms with Crippen LogP contribution < -0.4 is 10.6 Å². The Morgan fingerprint density at radius 2 is 2.00 bits per heavy atom. The Hall–Kier alpha value is -1.70. The van der Waals surface area contributed by atoms with Gasteiger partial charge in [0.1, 0.15) is 0 Å². The number of hydrogen-bond acceptors (Lipinski definition) is 4. The van der Waals surface area contributed by atoms with E-state index in [0.29, 0.717) is 19.4 Å². The number of nitrogens with one attached hydrogen (secondary N) is 2. The molecular weight excluding hydrogens is 290 g/mol. The number of para-hydroxylation sites is 1. The van der Waals surface area contributed by atoms with E-state index in [1.807, 2.05) is 0 Å². The maximum atomic E-state index is 12.6. The number of benzene rings is 1. The van der Waals surface area contributed by atoms with E-state index in [2.05, 4.69) is 10.6 Å². The number of carbonyl (C=O) groups is 1. The van der Waals surface area contributed by atoms with Crippen LogP contribution >= 0.6 is 0 Å². The van der Waals surface area contributed by atoms with Gasteiger partial charge in [0.15, 0.2) is 0 Å². The minimum absolute atomic E-state index is 0.0727. The molecule has 2 rings (SSSR count). The Bertz CT molecular complexity index is 594. The Morgan fingerprint density at radius 1 is 1.30 bits per heavy atom. The van der Waals surface area contributed by atoms with Crippen LogP contribution in [0.5, 0.6) is 0 Å². The second-order valence-electron chi connectivity index (χ2n) is 4.49. The number of amides is 1. The summed E-state index contributed by atoms with van der Waals surface area (Å²) in [4.78, 5) is 10.6. The maximum absolute atomic E-state index is 12.6. The summed E-state index contributed by atoms with van der Waals surface area (Å²) in [6.07, 6.45) is 0.844. The summed E-state index contributed by atoms with van der Waals surface area (Å²) in [5.74, 6) is -3.53. The zero-order valence-electron chi connectivity index (χ0n) is 10.5. The molecule has 0 radical (unpaired) electrons. The van der Waals surface area contributed by atoms with Gasteiger partial charge in [-0.3, -0.25) is 4.79 Å². The average molecular weight is 304 g/mol. The highest BCUT2D eigenvalue weighted by Gasteiger charge is 2.30. The van der Waals surface area contributed by atoms with Gasteiger partial charge < -0.3 is 10.6 Å². The van der Waals surface area contributed by atoms with Crippen LogP contribution in [0, 0.1) is 0 Å². The number of sulfone groups is 1. The van der Waals surface area contributed by atoms with Crippen molar-refractivity contribution < 1.29 is 22.0 Å². The molecule has 0 saturated carbocycles. The molecule has 0 aromatic heterocycles. The molecule has 5 nitrogen and oxygen atoms in total. The van der Waals surface area contributed by atoms with Crippen LogP contribution in [-0.4, -0.2) is 32.7 Å². The molecule has 1 aromatic carbocycles. The first kappa shape index (κ1) is 14.7. The summed E-state index contributed by atoms with van der Waals surface area (Å²) in [6, 6.07) is 5.36. The van der Waals surface area contributed by atoms with E-state index in [0.717, 1.165) is 6.07 Å². The van der Waals surface area contributed by atoms with E-state index in [9.17, 15) is 22.0 Å². The van der Waals surface area contributed by atoms with Crippen LogP contribution in [0.4, 0.5) is 14.5 Å². The number of carbonyl (C=O) groups excluding carboxylic acids is 1. The highest BCUT2D eigenvalue weighted by molar-refractivity contribution is 7.91. The van der Waals surface area contributed by atoms with Gasteiger partial charge in [0.2, 0.25) is 15.7 Å². The normalized spacial score (nSPS) is 19.8. The molecule has 1 aliphatic heterocycles. The monoisotopic (exact) mass is 304 g/mol. The molecule has 2 N–H and O–H groups in total. The van der Waals surface area contributed by atoms with E-state index >= 15 is 0 Å². The fourth-order valence-electron chi connectivity index (χ4n) is 2.01. The third kappa shape index (κ3) is 3.06. The first-order chi connectivity index (χ1) is 9.41. The number of rotatable bonds is 4. The van der Waals surface area contributed by atoms with Crippen molar-refractivity contribution in [2.75, 3.05) is 11.9 Å². The zero-order chi connectivity index (χ0) is 14.8. The van der Waals surface area contributed by atoms with E-state index < -0.39 is 20.5 Å². The van der Waals surface area contributed by atoms with E-state index in [-0.39, 0.29) is 17.6 Å². The van der Waals surface area contributed by atoms with Crippen molar-refractivity contribution in [3.63, 3.8) is 0 Å². The van der Waals surface area contributed by atoms with Gasteiger partial charge in [-0.2, -0.15) is 8.78 Å². The van der Waals surface area contributed by atoms with Crippen LogP contribution in [0.3, 0.4) is 0 Å². The van der Waals surface area contributed by atoms with E-state index in [1.54, 1.807) is 6.07 Å². The molecule has 1 aliphatic rings. The lowest BCUT2D eigenvalue weighted by molar-refractivity contribution is -0.122. The summed E-state index contributed by atoms with van der Waals surface area (Å²) in [5, 5.41) is 5.54. The number of halogens is 2. The van der Waals surface area contributed by atoms with Crippen LogP contribution in [0.15, 0.2) is 29.2 Å². The SMILES string of the molecule is O=C1CCC(Nc2ccccc2S(=O)(=O)C(F)F)CN1. The van der Waals surface area contributed by atoms with Gasteiger partial charge >= 0.3 is 5.76 Å². The van der Waals surface area contributed by atoms with Crippen LogP contribution in [0.1, 0.15) is 12.8 Å². The Kier molecular flexibility index (Phi) is 4.22. The molecule has 1 atom stereocenters. The molecule has 8 heteroatoms. The van der Waals surface area contributed by atoms with Crippen molar-refractivity contribution in [1.82, 2.24) is 5.32 Å². The number of alkyl halides is 2. The first-order valence-corrected chi connectivity index (χ1v) is 7.60. The van der Waals surface area contributed by atoms with Gasteiger partial charge in [-0.15, -0.1) is 0 Å². The van der Waals surface area contributed by atoms with Gasteiger partial charge in [0.05, 0.1) is 10.6 Å². The topological polar surface area (TPSA) is 75.3 Å². The second kappa shape index (κ2) is 5.74. The molecule has 0 aliphatic carbocycles. The molecule has 20 heavy (non-hydrogen) atoms. The predicted molar refractivity (Wildman–Crippen MR) is 69.3 cm³/mol. The standard InChI is InChI=1S/C12H14F2N2O3S/c13-12(14)20(18,19)10-4-2-1-3-9(10)16-8-5-6-11(17)15-7-8/h1-4,8,12,16H,5-7H2,(H,15,17). The molecule has 0 bridgehead atoms. The summed E-state index contributed by atoms with van der Waals surface area (Å²) < 4.78 is 48.4. The lowest BCUT2D eigenvalue weighted by Crippen LogP contribution is -2.42. The zero-order valence-corrected chi connectivity index (χ0v) is 11.3. The second-order valence-corrected chi connectivity index (χ2v) is 6.37. The highest BCUT2D eigenvalue weighted by Crippen LogP contribution is 2.27. The third-order valence-corrected chi connectivity index (χ3v) is 4.49. The number of piperidine rings is 1. The molecule has 1 amide bonds. The molecule has 1 fully saturated rings. The van der Waals surface area contributed by atoms with Gasteiger partial charge in [0, 0.05) is 19.0 Å². The quantitative estimate of drug-likeness (QED) is 0.881. The number of hydrogen-bond donors (Lipinski definition) is 2. The van der Waals surface area contributed by atoms with Crippen molar-refractivity contribution in [1.29, 1.82) is 0 Å². The van der Waals surface area contributed by atoms with Crippen LogP contribution in [-0.2, 0) is 14.6 Å². The van der Waals surface area contributed by atoms with Crippen molar-refractivity contribution in [2.45, 2.75) is 29.5 Å². The predicted octanol–water partition coefficient (Wildman–Crippen LogP) is 1.37. The van der Waals surface area contributed by atoms with E-state index in [1.165, 1.54) is 12.1 Å². The van der Waals surface area contributed by atoms with Gasteiger partial charge in [0.25, 0.3) is 0 Å². The van der Waals surface area contributed by atoms with Crippen molar-refractivity contribution >= 4 is 21.4 Å². The van der Waals surface area contributed by atoms with Crippen molar-refractivity contribution in [3.05, 3.63) is 24.3 Å². The summed E-state index contributed by atoms with van der Waals surface area (Å²) in [5.41, 5.74) is 0.133. The van der Waals surface area contributed by atoms with Gasteiger partial charge in [-0.1, -0.05) is 12.1 Å². The lowest BCUT2D eigenvalue weighted by atomic mass is 10.1. The van der Waals surface area contributed by atoms with Gasteiger partial charge in [-0.05, 0) is 18.6 Å². The maximum Gasteiger partial charge on any atom is 0.341 e. The molecule has 1 aromatic rings. The smallest absolute Gasteiger partial charge is 0.341 e.